The average Bonchev–Trinajstić information content (AvgIpc) is 3.05. The second kappa shape index (κ2) is 11.7. The first-order valence-corrected chi connectivity index (χ1v) is 9.85. The minimum atomic E-state index is 0. The quantitative estimate of drug-likeness (QED) is 0.254. The maximum absolute atomic E-state index is 9.75. The molecular weight excluding hydrogens is 489 g/mol. The van der Waals surface area contributed by atoms with Crippen LogP contribution in [0.15, 0.2) is 65.7 Å². The summed E-state index contributed by atoms with van der Waals surface area (Å²) in [6.07, 6.45) is 0. The Labute approximate surface area is 195 Å². The number of aliphatic imine (C=N–C) groups is 1. The summed E-state index contributed by atoms with van der Waals surface area (Å²) in [5, 5.41) is 21.1. The molecule has 0 amide bonds. The summed E-state index contributed by atoms with van der Waals surface area (Å²) in [7, 11) is 1.75. The lowest BCUT2D eigenvalue weighted by molar-refractivity contribution is 0.265. The van der Waals surface area contributed by atoms with Crippen LogP contribution in [-0.4, -0.2) is 41.0 Å². The summed E-state index contributed by atoms with van der Waals surface area (Å²) in [5.74, 6) is 0.713. The molecule has 0 aliphatic heterocycles. The maximum atomic E-state index is 9.75. The Balaban J connectivity index is 0.00000320. The van der Waals surface area contributed by atoms with Gasteiger partial charge in [0, 0.05) is 37.3 Å². The minimum absolute atomic E-state index is 0. The van der Waals surface area contributed by atoms with E-state index in [9.17, 15) is 5.11 Å². The number of nitrogens with one attached hydrogen (secondary N) is 2. The van der Waals surface area contributed by atoms with Crippen LogP contribution < -0.4 is 10.6 Å². The van der Waals surface area contributed by atoms with Crippen LogP contribution in [0.5, 0.6) is 0 Å². The van der Waals surface area contributed by atoms with Gasteiger partial charge in [-0.1, -0.05) is 48.5 Å². The number of nitrogens with zero attached hydrogens (tertiary/aromatic N) is 3. The highest BCUT2D eigenvalue weighted by molar-refractivity contribution is 14.0. The van der Waals surface area contributed by atoms with Crippen LogP contribution in [0.2, 0.25) is 0 Å². The molecule has 2 aromatic carbocycles. The molecule has 0 bridgehead atoms. The summed E-state index contributed by atoms with van der Waals surface area (Å²) < 4.78 is 1.97. The number of benzene rings is 2. The van der Waals surface area contributed by atoms with Gasteiger partial charge in [0.2, 0.25) is 0 Å². The molecule has 0 radical (unpaired) electrons. The number of para-hydroxylation sites is 1. The fraction of sp³-hybridized carbons (Fsp3) is 0.304. The molecule has 3 N–H and O–H groups in total. The van der Waals surface area contributed by atoms with E-state index >= 15 is 0 Å². The number of aromatic nitrogens is 2. The first kappa shape index (κ1) is 23.9. The minimum Gasteiger partial charge on any atom is -0.396 e. The number of aliphatic hydroxyl groups excluding tert-OH is 1. The zero-order valence-corrected chi connectivity index (χ0v) is 20.0. The number of rotatable bonds is 7. The lowest BCUT2D eigenvalue weighted by Crippen LogP contribution is -2.39. The molecule has 1 unspecified atom stereocenters. The van der Waals surface area contributed by atoms with Crippen molar-refractivity contribution in [1.82, 2.24) is 20.4 Å². The number of hydrogen-bond acceptors (Lipinski definition) is 3. The van der Waals surface area contributed by atoms with Crippen LogP contribution in [0.25, 0.3) is 5.69 Å². The van der Waals surface area contributed by atoms with Crippen molar-refractivity contribution in [3.05, 3.63) is 83.2 Å². The van der Waals surface area contributed by atoms with Crippen LogP contribution in [0.4, 0.5) is 0 Å². The van der Waals surface area contributed by atoms with Gasteiger partial charge in [-0.15, -0.1) is 24.0 Å². The Morgan fingerprint density at radius 3 is 2.27 bits per heavy atom. The zero-order chi connectivity index (χ0) is 20.6. The number of guanidine groups is 1. The standard InChI is InChI=1S/C23H29N5O.HI/c1-17-22(18(2)28(27-17)21-12-8-5-9-13-21)15-26-23(24-3)25-14-20(16-29)19-10-6-4-7-11-19;/h4-13,20,29H,14-16H2,1-3H3,(H2,24,25,26);1H. The van der Waals surface area contributed by atoms with Crippen molar-refractivity contribution in [3.63, 3.8) is 0 Å². The van der Waals surface area contributed by atoms with Gasteiger partial charge in [-0.25, -0.2) is 4.68 Å². The molecular formula is C23H30IN5O. The molecule has 0 aliphatic carbocycles. The van der Waals surface area contributed by atoms with Crippen molar-refractivity contribution in [1.29, 1.82) is 0 Å². The molecule has 1 atom stereocenters. The first-order valence-electron chi connectivity index (χ1n) is 9.85. The van der Waals surface area contributed by atoms with E-state index in [4.69, 9.17) is 5.10 Å². The van der Waals surface area contributed by atoms with Crippen molar-refractivity contribution in [2.45, 2.75) is 26.3 Å². The third-order valence-electron chi connectivity index (χ3n) is 5.11. The molecule has 3 rings (SSSR count). The highest BCUT2D eigenvalue weighted by atomic mass is 127. The van der Waals surface area contributed by atoms with Crippen molar-refractivity contribution in [3.8, 4) is 5.69 Å². The largest absolute Gasteiger partial charge is 0.396 e. The molecule has 7 heteroatoms. The summed E-state index contributed by atoms with van der Waals surface area (Å²) >= 11 is 0. The fourth-order valence-corrected chi connectivity index (χ4v) is 3.38. The van der Waals surface area contributed by atoms with Gasteiger partial charge in [-0.05, 0) is 31.5 Å². The molecule has 0 fully saturated rings. The van der Waals surface area contributed by atoms with E-state index in [2.05, 4.69) is 34.7 Å². The molecule has 3 aromatic rings. The SMILES string of the molecule is CN=C(NCc1c(C)nn(-c2ccccc2)c1C)NCC(CO)c1ccccc1.I. The number of hydrogen-bond donors (Lipinski definition) is 3. The second-order valence-corrected chi connectivity index (χ2v) is 6.99. The van der Waals surface area contributed by atoms with E-state index in [1.165, 1.54) is 0 Å². The van der Waals surface area contributed by atoms with E-state index < -0.39 is 0 Å². The molecule has 6 nitrogen and oxygen atoms in total. The Bertz CT molecular complexity index is 941. The van der Waals surface area contributed by atoms with Crippen molar-refractivity contribution >= 4 is 29.9 Å². The van der Waals surface area contributed by atoms with Gasteiger partial charge in [0.1, 0.15) is 0 Å². The van der Waals surface area contributed by atoms with E-state index in [0.717, 1.165) is 28.2 Å². The molecule has 30 heavy (non-hydrogen) atoms. The predicted octanol–water partition coefficient (Wildman–Crippen LogP) is 3.55. The molecule has 0 saturated carbocycles. The molecule has 0 spiro atoms. The normalized spacial score (nSPS) is 12.2. The molecule has 160 valence electrons. The summed E-state index contributed by atoms with van der Waals surface area (Å²) in [6, 6.07) is 20.1. The average molecular weight is 519 g/mol. The van der Waals surface area contributed by atoms with Gasteiger partial charge in [0.05, 0.1) is 18.0 Å². The maximum Gasteiger partial charge on any atom is 0.191 e. The van der Waals surface area contributed by atoms with Gasteiger partial charge in [0.15, 0.2) is 5.96 Å². The third-order valence-corrected chi connectivity index (χ3v) is 5.11. The lowest BCUT2D eigenvalue weighted by Gasteiger charge is -2.18. The molecule has 0 aliphatic rings. The Morgan fingerprint density at radius 1 is 1.03 bits per heavy atom. The molecule has 0 saturated heterocycles. The van der Waals surface area contributed by atoms with Crippen LogP contribution in [0.1, 0.15) is 28.4 Å². The number of aliphatic hydroxyl groups is 1. The predicted molar refractivity (Wildman–Crippen MR) is 133 cm³/mol. The Morgan fingerprint density at radius 2 is 1.67 bits per heavy atom. The van der Waals surface area contributed by atoms with Crippen LogP contribution in [-0.2, 0) is 6.54 Å². The van der Waals surface area contributed by atoms with Crippen molar-refractivity contribution in [2.75, 3.05) is 20.2 Å². The topological polar surface area (TPSA) is 74.5 Å². The summed E-state index contributed by atoms with van der Waals surface area (Å²) in [6.45, 7) is 5.41. The van der Waals surface area contributed by atoms with Gasteiger partial charge in [0.25, 0.3) is 0 Å². The lowest BCUT2D eigenvalue weighted by atomic mass is 10.0. The third kappa shape index (κ3) is 5.82. The van der Waals surface area contributed by atoms with E-state index in [1.807, 2.05) is 60.1 Å². The van der Waals surface area contributed by atoms with Crippen LogP contribution in [0, 0.1) is 13.8 Å². The van der Waals surface area contributed by atoms with Gasteiger partial charge in [-0.3, -0.25) is 4.99 Å². The van der Waals surface area contributed by atoms with E-state index in [-0.39, 0.29) is 36.5 Å². The van der Waals surface area contributed by atoms with Crippen molar-refractivity contribution in [2.24, 2.45) is 4.99 Å². The Hall–Kier alpha value is -2.39. The smallest absolute Gasteiger partial charge is 0.191 e. The van der Waals surface area contributed by atoms with Gasteiger partial charge >= 0.3 is 0 Å². The number of halogens is 1. The summed E-state index contributed by atoms with van der Waals surface area (Å²) in [5.41, 5.74) is 5.41. The highest BCUT2D eigenvalue weighted by Crippen LogP contribution is 2.18. The van der Waals surface area contributed by atoms with Crippen molar-refractivity contribution < 1.29 is 5.11 Å². The van der Waals surface area contributed by atoms with E-state index in [1.54, 1.807) is 7.05 Å². The summed E-state index contributed by atoms with van der Waals surface area (Å²) in [4.78, 5) is 4.31. The molecule has 1 aromatic heterocycles. The van der Waals surface area contributed by atoms with Crippen LogP contribution >= 0.6 is 24.0 Å². The van der Waals surface area contributed by atoms with Gasteiger partial charge in [-0.2, -0.15) is 5.10 Å². The molecule has 1 heterocycles. The zero-order valence-electron chi connectivity index (χ0n) is 17.7. The highest BCUT2D eigenvalue weighted by Gasteiger charge is 2.14. The van der Waals surface area contributed by atoms with Gasteiger partial charge < -0.3 is 15.7 Å². The van der Waals surface area contributed by atoms with E-state index in [0.29, 0.717) is 19.0 Å². The number of aryl methyl sites for hydroxylation is 1. The fourth-order valence-electron chi connectivity index (χ4n) is 3.38. The monoisotopic (exact) mass is 519 g/mol. The second-order valence-electron chi connectivity index (χ2n) is 6.99. The Kier molecular flexibility index (Phi) is 9.32. The first-order chi connectivity index (χ1) is 14.1. The van der Waals surface area contributed by atoms with Crippen LogP contribution in [0.3, 0.4) is 0 Å².